The van der Waals surface area contributed by atoms with Gasteiger partial charge in [-0.25, -0.2) is 13.2 Å². The lowest BCUT2D eigenvalue weighted by molar-refractivity contribution is 0.107. The maximum atomic E-state index is 16.9. The Bertz CT molecular complexity index is 1950. The molecule has 4 fully saturated rings. The molecule has 2 aromatic carbocycles. The van der Waals surface area contributed by atoms with Crippen molar-refractivity contribution in [2.75, 3.05) is 51.4 Å². The summed E-state index contributed by atoms with van der Waals surface area (Å²) in [6.45, 7) is 3.05. The van der Waals surface area contributed by atoms with Crippen LogP contribution in [0.3, 0.4) is 0 Å². The molecule has 2 aromatic heterocycles. The van der Waals surface area contributed by atoms with E-state index in [9.17, 15) is 13.9 Å². The normalized spacial score (nSPS) is 27.1. The number of nitrogens with zero attached hydrogens (tertiary/aromatic N) is 5. The van der Waals surface area contributed by atoms with Gasteiger partial charge in [-0.1, -0.05) is 12.0 Å². The van der Waals surface area contributed by atoms with Crippen molar-refractivity contribution in [3.05, 3.63) is 47.7 Å². The van der Waals surface area contributed by atoms with E-state index in [1.165, 1.54) is 30.5 Å². The number of nitrogens with one attached hydrogen (secondary N) is 1. The fourth-order valence-corrected chi connectivity index (χ4v) is 8.50. The molecule has 0 spiro atoms. The van der Waals surface area contributed by atoms with Crippen LogP contribution in [0.25, 0.3) is 32.9 Å². The van der Waals surface area contributed by atoms with Gasteiger partial charge in [0.1, 0.15) is 41.4 Å². The maximum Gasteiger partial charge on any atom is 0.319 e. The van der Waals surface area contributed by atoms with E-state index in [2.05, 4.69) is 31.0 Å². The minimum absolute atomic E-state index is 0.0186. The van der Waals surface area contributed by atoms with Gasteiger partial charge in [0.15, 0.2) is 5.82 Å². The van der Waals surface area contributed by atoms with Crippen LogP contribution in [0, 0.1) is 24.0 Å². The summed E-state index contributed by atoms with van der Waals surface area (Å²) in [4.78, 5) is 18.2. The van der Waals surface area contributed by atoms with E-state index in [4.69, 9.17) is 20.9 Å². The lowest BCUT2D eigenvalue weighted by Crippen LogP contribution is -2.61. The van der Waals surface area contributed by atoms with Crippen LogP contribution in [0.5, 0.6) is 11.8 Å². The second-order valence-electron chi connectivity index (χ2n) is 13.5. The Balaban J connectivity index is 1.28. The zero-order chi connectivity index (χ0) is 32.5. The molecule has 1 unspecified atom stereocenters. The number of piperazine rings is 1. The monoisotopic (exact) mass is 644 g/mol. The number of methoxy groups -OCH3 is 1. The van der Waals surface area contributed by atoms with Crippen LogP contribution in [0.2, 0.25) is 0 Å². The number of aromatic nitrogens is 3. The molecular formula is C35H35F3N6O3. The molecule has 8 rings (SSSR count). The molecule has 4 aliphatic heterocycles. The molecule has 12 heteroatoms. The van der Waals surface area contributed by atoms with E-state index in [0.717, 1.165) is 32.2 Å². The Labute approximate surface area is 270 Å². The van der Waals surface area contributed by atoms with E-state index >= 15 is 4.39 Å². The van der Waals surface area contributed by atoms with Gasteiger partial charge in [0, 0.05) is 56.4 Å². The first-order valence-electron chi connectivity index (χ1n) is 16.0. The number of halogens is 3. The second kappa shape index (κ2) is 11.2. The number of fused-ring (bicyclic) bond motifs is 5. The largest absolute Gasteiger partial charge is 0.508 e. The summed E-state index contributed by atoms with van der Waals surface area (Å²) in [5, 5.41) is 15.3. The minimum Gasteiger partial charge on any atom is -0.508 e. The number of pyridine rings is 1. The summed E-state index contributed by atoms with van der Waals surface area (Å²) in [5.41, 5.74) is -0.854. The highest BCUT2D eigenvalue weighted by atomic mass is 19.1. The summed E-state index contributed by atoms with van der Waals surface area (Å²) in [6, 6.07) is 5.62. The summed E-state index contributed by atoms with van der Waals surface area (Å²) >= 11 is 0. The van der Waals surface area contributed by atoms with Crippen LogP contribution >= 0.6 is 0 Å². The fourth-order valence-electron chi connectivity index (χ4n) is 8.50. The molecule has 0 radical (unpaired) electrons. The van der Waals surface area contributed by atoms with Crippen molar-refractivity contribution < 1.29 is 27.8 Å². The van der Waals surface area contributed by atoms with E-state index in [1.807, 2.05) is 0 Å². The molecule has 9 nitrogen and oxygen atoms in total. The van der Waals surface area contributed by atoms with Gasteiger partial charge in [-0.3, -0.25) is 9.88 Å². The zero-order valence-electron chi connectivity index (χ0n) is 26.0. The lowest BCUT2D eigenvalue weighted by atomic mass is 9.95. The first kappa shape index (κ1) is 30.2. The summed E-state index contributed by atoms with van der Waals surface area (Å²) in [6.07, 6.45) is 10.3. The predicted octanol–water partition coefficient (Wildman–Crippen LogP) is 4.72. The SMILES string of the molecule is C#Cc1c(F)ccc2cc(O)cc(-c3ncc4c(N5CC6CC[C@@](COC)(C5)N6)nc(OC[C@@]56CCCN5C[C@H](F)C6)nc4c3F)c12. The number of terminal acetylenes is 1. The molecule has 4 atom stereocenters. The number of phenolic OH excluding ortho intramolecular Hbond substituents is 1. The molecule has 0 amide bonds. The van der Waals surface area contributed by atoms with Crippen molar-refractivity contribution >= 4 is 27.5 Å². The number of ether oxygens (including phenoxy) is 2. The Morgan fingerprint density at radius 3 is 2.87 bits per heavy atom. The second-order valence-corrected chi connectivity index (χ2v) is 13.5. The molecular weight excluding hydrogens is 609 g/mol. The average molecular weight is 645 g/mol. The minimum atomic E-state index is -0.929. The van der Waals surface area contributed by atoms with Crippen molar-refractivity contribution in [3.8, 4) is 35.4 Å². The van der Waals surface area contributed by atoms with Crippen LogP contribution in [0.1, 0.15) is 37.7 Å². The van der Waals surface area contributed by atoms with Crippen LogP contribution in [0.4, 0.5) is 19.0 Å². The van der Waals surface area contributed by atoms with Gasteiger partial charge >= 0.3 is 6.01 Å². The number of hydrogen-bond donors (Lipinski definition) is 2. The first-order chi connectivity index (χ1) is 22.7. The number of alkyl halides is 1. The number of benzene rings is 2. The third-order valence-corrected chi connectivity index (χ3v) is 10.5. The highest BCUT2D eigenvalue weighted by Crippen LogP contribution is 2.42. The highest BCUT2D eigenvalue weighted by Gasteiger charge is 2.50. The van der Waals surface area contributed by atoms with Gasteiger partial charge in [0.2, 0.25) is 0 Å². The highest BCUT2D eigenvalue weighted by molar-refractivity contribution is 6.03. The lowest BCUT2D eigenvalue weighted by Gasteiger charge is -2.41. The van der Waals surface area contributed by atoms with E-state index in [-0.39, 0.29) is 57.7 Å². The van der Waals surface area contributed by atoms with Crippen molar-refractivity contribution in [2.24, 2.45) is 0 Å². The fraction of sp³-hybridized carbons (Fsp3) is 0.457. The molecule has 0 saturated carbocycles. The number of anilines is 1. The molecule has 4 saturated heterocycles. The molecule has 4 aliphatic rings. The maximum absolute atomic E-state index is 16.9. The molecule has 0 aliphatic carbocycles. The van der Waals surface area contributed by atoms with Crippen molar-refractivity contribution in [2.45, 2.75) is 55.4 Å². The van der Waals surface area contributed by atoms with Crippen molar-refractivity contribution in [1.29, 1.82) is 0 Å². The molecule has 4 aromatic rings. The van der Waals surface area contributed by atoms with Gasteiger partial charge < -0.3 is 24.8 Å². The Hall–Kier alpha value is -4.18. The third kappa shape index (κ3) is 4.94. The first-order valence-corrected chi connectivity index (χ1v) is 16.0. The summed E-state index contributed by atoms with van der Waals surface area (Å²) in [5.74, 6) is 1.26. The molecule has 244 valence electrons. The van der Waals surface area contributed by atoms with Crippen LogP contribution in [-0.4, -0.2) is 94.8 Å². The Morgan fingerprint density at radius 2 is 2.04 bits per heavy atom. The quantitative estimate of drug-likeness (QED) is 0.277. The molecule has 47 heavy (non-hydrogen) atoms. The topological polar surface area (TPSA) is 95.9 Å². The number of rotatable bonds is 7. The van der Waals surface area contributed by atoms with Crippen LogP contribution < -0.4 is 15.0 Å². The van der Waals surface area contributed by atoms with Crippen molar-refractivity contribution in [3.63, 3.8) is 0 Å². The van der Waals surface area contributed by atoms with Gasteiger partial charge in [-0.15, -0.1) is 6.42 Å². The number of phenols is 1. The standard InChI is InChI=1S/C35H35F3N6O3/c1-3-24-27(37)6-5-20-11-23(45)12-25(28(20)24)30-29(38)31-26(14-39-30)32(43-16-22-7-9-34(17-43,42-22)18-46-2)41-33(40-31)47-19-35-8-4-10-44(35)15-21(36)13-35/h1,5-6,11-12,14,21-22,42,45H,4,7-10,13,15-19H2,2H3/t21-,22?,34+,35+/m1/s1. The molecule has 2 bridgehead atoms. The van der Waals surface area contributed by atoms with E-state index in [0.29, 0.717) is 49.3 Å². The van der Waals surface area contributed by atoms with E-state index < -0.39 is 23.3 Å². The number of hydrogen-bond acceptors (Lipinski definition) is 9. The Morgan fingerprint density at radius 1 is 1.17 bits per heavy atom. The number of aromatic hydroxyl groups is 1. The summed E-state index contributed by atoms with van der Waals surface area (Å²) < 4.78 is 58.1. The molecule has 2 N–H and O–H groups in total. The Kier molecular flexibility index (Phi) is 7.20. The van der Waals surface area contributed by atoms with Crippen LogP contribution in [0.15, 0.2) is 30.5 Å². The molecule has 6 heterocycles. The third-order valence-electron chi connectivity index (χ3n) is 10.5. The average Bonchev–Trinajstić information content (AvgIpc) is 3.68. The van der Waals surface area contributed by atoms with Gasteiger partial charge in [0.05, 0.1) is 28.6 Å². The van der Waals surface area contributed by atoms with Gasteiger partial charge in [-0.05, 0) is 55.8 Å². The summed E-state index contributed by atoms with van der Waals surface area (Å²) in [7, 11) is 1.68. The smallest absolute Gasteiger partial charge is 0.319 e. The van der Waals surface area contributed by atoms with Gasteiger partial charge in [-0.2, -0.15) is 9.97 Å². The van der Waals surface area contributed by atoms with Crippen LogP contribution in [-0.2, 0) is 4.74 Å². The predicted molar refractivity (Wildman–Crippen MR) is 171 cm³/mol. The van der Waals surface area contributed by atoms with E-state index in [1.54, 1.807) is 7.11 Å². The van der Waals surface area contributed by atoms with Crippen molar-refractivity contribution in [1.82, 2.24) is 25.2 Å². The van der Waals surface area contributed by atoms with Gasteiger partial charge in [0.25, 0.3) is 0 Å². The zero-order valence-corrected chi connectivity index (χ0v) is 26.0.